The highest BCUT2D eigenvalue weighted by molar-refractivity contribution is 8.01. The van der Waals surface area contributed by atoms with Crippen LogP contribution < -0.4 is 5.32 Å². The molecule has 1 aliphatic rings. The van der Waals surface area contributed by atoms with Gasteiger partial charge in [0, 0.05) is 0 Å². The highest BCUT2D eigenvalue weighted by atomic mass is 32.2. The third-order valence-corrected chi connectivity index (χ3v) is 3.05. The van der Waals surface area contributed by atoms with Crippen LogP contribution in [0.2, 0.25) is 0 Å². The van der Waals surface area contributed by atoms with E-state index in [1.807, 2.05) is 0 Å². The largest absolute Gasteiger partial charge is 0.507 e. The maximum atomic E-state index is 11.3. The molecule has 1 atom stereocenters. The second kappa shape index (κ2) is 3.45. The van der Waals surface area contributed by atoms with Crippen molar-refractivity contribution in [1.82, 2.24) is 5.32 Å². The van der Waals surface area contributed by atoms with Crippen LogP contribution in [-0.2, 0) is 9.53 Å². The summed E-state index contributed by atoms with van der Waals surface area (Å²) in [7, 11) is 0. The number of carbonyl (C=O) groups is 2. The maximum absolute atomic E-state index is 11.3. The summed E-state index contributed by atoms with van der Waals surface area (Å²) in [6.45, 7) is 3.56. The number of carboxylic acid groups (broad SMARTS) is 1. The van der Waals surface area contributed by atoms with E-state index in [1.54, 1.807) is 13.8 Å². The fraction of sp³-hybridized carbons (Fsp3) is 0.714. The van der Waals surface area contributed by atoms with E-state index >= 15 is 0 Å². The Bertz CT molecular complexity index is 241. The molecule has 0 saturated carbocycles. The molecule has 1 unspecified atom stereocenters. The number of carbonyl (C=O) groups excluding carboxylic acids is 1. The average Bonchev–Trinajstić information content (AvgIpc) is 1.97. The Morgan fingerprint density at radius 1 is 1.77 bits per heavy atom. The van der Waals surface area contributed by atoms with Crippen molar-refractivity contribution in [1.29, 1.82) is 0 Å². The molecule has 0 aromatic heterocycles. The number of ether oxygens (including phenoxy) is 1. The van der Waals surface area contributed by atoms with Crippen LogP contribution in [0, 0.1) is 0 Å². The number of thioether (sulfide) groups is 1. The van der Waals surface area contributed by atoms with E-state index in [-0.39, 0.29) is 5.91 Å². The summed E-state index contributed by atoms with van der Waals surface area (Å²) < 4.78 is 3.92. The maximum Gasteiger partial charge on any atom is 0.507 e. The van der Waals surface area contributed by atoms with Gasteiger partial charge < -0.3 is 15.2 Å². The molecule has 1 rings (SSSR count). The van der Waals surface area contributed by atoms with Crippen LogP contribution in [0.1, 0.15) is 13.8 Å². The van der Waals surface area contributed by atoms with E-state index in [0.29, 0.717) is 5.75 Å². The molecule has 74 valence electrons. The molecule has 0 spiro atoms. The van der Waals surface area contributed by atoms with Gasteiger partial charge in [-0.3, -0.25) is 4.79 Å². The predicted octanol–water partition coefficient (Wildman–Crippen LogP) is 0.649. The van der Waals surface area contributed by atoms with Crippen LogP contribution in [0.5, 0.6) is 0 Å². The zero-order valence-corrected chi connectivity index (χ0v) is 8.18. The molecular formula is C7H11NO4S. The first-order valence-corrected chi connectivity index (χ1v) is 4.75. The standard InChI is InChI=1S/C7H11NO4S/c1-7(2)5(9)8-4(3-13-7)12-6(10)11/h4H,3H2,1-2H3,(H,8,9)(H,10,11). The molecule has 13 heavy (non-hydrogen) atoms. The molecule has 1 heterocycles. The molecule has 1 aliphatic heterocycles. The Labute approximate surface area is 79.8 Å². The number of hydrogen-bond donors (Lipinski definition) is 2. The van der Waals surface area contributed by atoms with E-state index in [1.165, 1.54) is 11.8 Å². The molecule has 1 saturated heterocycles. The van der Waals surface area contributed by atoms with Crippen LogP contribution >= 0.6 is 11.8 Å². The van der Waals surface area contributed by atoms with Gasteiger partial charge in [0.1, 0.15) is 0 Å². The quantitative estimate of drug-likeness (QED) is 0.615. The number of hydrogen-bond acceptors (Lipinski definition) is 4. The Morgan fingerprint density at radius 2 is 2.38 bits per heavy atom. The Kier molecular flexibility index (Phi) is 2.70. The Morgan fingerprint density at radius 3 is 2.85 bits per heavy atom. The van der Waals surface area contributed by atoms with Crippen LogP contribution in [0.4, 0.5) is 4.79 Å². The molecule has 1 amide bonds. The third kappa shape index (κ3) is 2.51. The smallest absolute Gasteiger partial charge is 0.450 e. The van der Waals surface area contributed by atoms with Crippen molar-refractivity contribution in [3.63, 3.8) is 0 Å². The molecule has 1 fully saturated rings. The van der Waals surface area contributed by atoms with Crippen molar-refractivity contribution < 1.29 is 19.4 Å². The fourth-order valence-corrected chi connectivity index (χ4v) is 1.81. The van der Waals surface area contributed by atoms with Crippen molar-refractivity contribution in [3.05, 3.63) is 0 Å². The Hall–Kier alpha value is -0.910. The van der Waals surface area contributed by atoms with Crippen LogP contribution in [0.3, 0.4) is 0 Å². The zero-order valence-electron chi connectivity index (χ0n) is 7.36. The highest BCUT2D eigenvalue weighted by Gasteiger charge is 2.36. The molecule has 5 nitrogen and oxygen atoms in total. The van der Waals surface area contributed by atoms with Crippen LogP contribution in [-0.4, -0.2) is 33.9 Å². The second-order valence-corrected chi connectivity index (χ2v) is 4.81. The van der Waals surface area contributed by atoms with Crippen molar-refractivity contribution in [3.8, 4) is 0 Å². The molecule has 2 N–H and O–H groups in total. The number of amides is 1. The SMILES string of the molecule is CC1(C)SCC(OC(=O)O)NC1=O. The first kappa shape index (κ1) is 10.2. The first-order valence-electron chi connectivity index (χ1n) is 3.76. The molecule has 0 aromatic rings. The minimum absolute atomic E-state index is 0.199. The third-order valence-electron chi connectivity index (χ3n) is 1.68. The number of rotatable bonds is 1. The van der Waals surface area contributed by atoms with Gasteiger partial charge in [-0.1, -0.05) is 0 Å². The lowest BCUT2D eigenvalue weighted by atomic mass is 10.2. The second-order valence-electron chi connectivity index (χ2n) is 3.17. The average molecular weight is 205 g/mol. The van der Waals surface area contributed by atoms with Gasteiger partial charge in [0.15, 0.2) is 6.23 Å². The van der Waals surface area contributed by atoms with Gasteiger partial charge in [0.2, 0.25) is 5.91 Å². The molecule has 0 aromatic carbocycles. The van der Waals surface area contributed by atoms with Crippen LogP contribution in [0.15, 0.2) is 0 Å². The summed E-state index contributed by atoms with van der Waals surface area (Å²) in [4.78, 5) is 21.5. The summed E-state index contributed by atoms with van der Waals surface area (Å²) >= 11 is 1.38. The predicted molar refractivity (Wildman–Crippen MR) is 47.6 cm³/mol. The van der Waals surface area contributed by atoms with Crippen molar-refractivity contribution in [2.45, 2.75) is 24.8 Å². The lowest BCUT2D eigenvalue weighted by molar-refractivity contribution is -0.126. The van der Waals surface area contributed by atoms with Gasteiger partial charge in [-0.25, -0.2) is 4.79 Å². The monoisotopic (exact) mass is 205 g/mol. The normalized spacial score (nSPS) is 26.3. The van der Waals surface area contributed by atoms with Gasteiger partial charge in [0.25, 0.3) is 0 Å². The minimum atomic E-state index is -1.37. The van der Waals surface area contributed by atoms with Gasteiger partial charge >= 0.3 is 6.16 Å². The van der Waals surface area contributed by atoms with Gasteiger partial charge in [-0.15, -0.1) is 11.8 Å². The van der Waals surface area contributed by atoms with Crippen LogP contribution in [0.25, 0.3) is 0 Å². The lowest BCUT2D eigenvalue weighted by Gasteiger charge is -2.32. The number of nitrogens with one attached hydrogen (secondary N) is 1. The van der Waals surface area contributed by atoms with Gasteiger partial charge in [-0.2, -0.15) is 0 Å². The molecule has 0 aliphatic carbocycles. The summed E-state index contributed by atoms with van der Waals surface area (Å²) in [5.74, 6) is 0.250. The zero-order chi connectivity index (χ0) is 10.1. The minimum Gasteiger partial charge on any atom is -0.450 e. The summed E-state index contributed by atoms with van der Waals surface area (Å²) in [6.07, 6.45) is -2.09. The van der Waals surface area contributed by atoms with Crippen molar-refractivity contribution in [2.75, 3.05) is 5.75 Å². The molecule has 6 heteroatoms. The molecular weight excluding hydrogens is 194 g/mol. The van der Waals surface area contributed by atoms with Crippen molar-refractivity contribution >= 4 is 23.8 Å². The fourth-order valence-electron chi connectivity index (χ4n) is 0.896. The summed E-state index contributed by atoms with van der Waals surface area (Å²) in [5, 5.41) is 10.8. The summed E-state index contributed by atoms with van der Waals surface area (Å²) in [5.41, 5.74) is 0. The van der Waals surface area contributed by atoms with E-state index in [2.05, 4.69) is 10.1 Å². The van der Waals surface area contributed by atoms with Gasteiger partial charge in [0.05, 0.1) is 10.5 Å². The Balaban J connectivity index is 2.51. The van der Waals surface area contributed by atoms with E-state index in [0.717, 1.165) is 0 Å². The topological polar surface area (TPSA) is 75.6 Å². The highest BCUT2D eigenvalue weighted by Crippen LogP contribution is 2.29. The van der Waals surface area contributed by atoms with E-state index < -0.39 is 17.1 Å². The molecule has 0 radical (unpaired) electrons. The molecule has 0 bridgehead atoms. The van der Waals surface area contributed by atoms with E-state index in [9.17, 15) is 9.59 Å². The lowest BCUT2D eigenvalue weighted by Crippen LogP contribution is -2.52. The van der Waals surface area contributed by atoms with Gasteiger partial charge in [-0.05, 0) is 13.8 Å². The first-order chi connectivity index (χ1) is 5.92. The summed E-state index contributed by atoms with van der Waals surface area (Å²) in [6, 6.07) is 0. The van der Waals surface area contributed by atoms with Crippen molar-refractivity contribution in [2.24, 2.45) is 0 Å². The van der Waals surface area contributed by atoms with E-state index in [4.69, 9.17) is 5.11 Å².